The maximum atomic E-state index is 13.1. The van der Waals surface area contributed by atoms with E-state index in [0.717, 1.165) is 25.7 Å². The molecule has 0 aromatic heterocycles. The number of aliphatic hydroxyl groups is 1. The van der Waals surface area contributed by atoms with Gasteiger partial charge in [-0.05, 0) is 73.9 Å². The van der Waals surface area contributed by atoms with Crippen molar-refractivity contribution < 1.29 is 24.5 Å². The first-order valence-corrected chi connectivity index (χ1v) is 11.3. The van der Waals surface area contributed by atoms with E-state index in [0.29, 0.717) is 30.7 Å². The van der Waals surface area contributed by atoms with Crippen LogP contribution in [0, 0.1) is 0 Å². The molecule has 168 valence electrons. The average Bonchev–Trinajstić information content (AvgIpc) is 3.05. The third-order valence-electron chi connectivity index (χ3n) is 6.23. The molecule has 2 aliphatic rings. The molecule has 32 heavy (non-hydrogen) atoms. The quantitative estimate of drug-likeness (QED) is 0.396. The van der Waals surface area contributed by atoms with Crippen molar-refractivity contribution in [2.45, 2.75) is 52.0 Å². The molecule has 2 aromatic carbocycles. The maximum Gasteiger partial charge on any atom is 0.295 e. The van der Waals surface area contributed by atoms with Crippen LogP contribution in [0.3, 0.4) is 0 Å². The lowest BCUT2D eigenvalue weighted by atomic mass is 9.88. The van der Waals surface area contributed by atoms with Gasteiger partial charge in [-0.25, -0.2) is 0 Å². The highest BCUT2D eigenvalue weighted by Gasteiger charge is 2.45. The van der Waals surface area contributed by atoms with E-state index in [1.165, 1.54) is 22.1 Å². The van der Waals surface area contributed by atoms with Gasteiger partial charge in [0.15, 0.2) is 11.5 Å². The number of fused-ring (bicyclic) bond motifs is 1. The molecule has 0 radical (unpaired) electrons. The maximum absolute atomic E-state index is 13.1. The molecule has 0 bridgehead atoms. The van der Waals surface area contributed by atoms with Crippen molar-refractivity contribution in [3.05, 3.63) is 64.2 Å². The number of amides is 1. The molecule has 1 unspecified atom stereocenters. The molecule has 1 aliphatic carbocycles. The van der Waals surface area contributed by atoms with Crippen LogP contribution in [0.15, 0.2) is 42.0 Å². The van der Waals surface area contributed by atoms with Crippen LogP contribution in [0.4, 0.5) is 0 Å². The molecule has 4 rings (SSSR count). The monoisotopic (exact) mass is 435 g/mol. The number of aromatic hydroxyl groups is 1. The van der Waals surface area contributed by atoms with Gasteiger partial charge < -0.3 is 19.8 Å². The molecule has 0 saturated carbocycles. The minimum absolute atomic E-state index is 0.0160. The number of nitrogens with zero attached hydrogens (tertiary/aromatic N) is 1. The number of Topliss-reactive ketones (excluding diaryl/α,β-unsaturated/α-hetero) is 1. The number of carbonyl (C=O) groups excluding carboxylic acids is 2. The lowest BCUT2D eigenvalue weighted by Gasteiger charge is -2.25. The van der Waals surface area contributed by atoms with Gasteiger partial charge >= 0.3 is 0 Å². The van der Waals surface area contributed by atoms with Crippen LogP contribution in [-0.2, 0) is 22.4 Å². The van der Waals surface area contributed by atoms with Crippen LogP contribution >= 0.6 is 0 Å². The van der Waals surface area contributed by atoms with Crippen molar-refractivity contribution in [3.63, 3.8) is 0 Å². The number of carbonyl (C=O) groups is 2. The standard InChI is InChI=1S/C26H29NO5/c1-3-13-27-23(18-11-12-20(28)21(15-18)32-4-2)22(25(30)26(27)31)24(29)19-10-9-16-7-5-6-8-17(16)14-19/h9-12,14-15,23,28-29H,3-8,13H2,1-2H3/b24-22+. The molecule has 1 fully saturated rings. The van der Waals surface area contributed by atoms with Gasteiger partial charge in [-0.1, -0.05) is 25.1 Å². The zero-order valence-electron chi connectivity index (χ0n) is 18.6. The Kier molecular flexibility index (Phi) is 6.21. The Balaban J connectivity index is 1.85. The Hall–Kier alpha value is -3.28. The van der Waals surface area contributed by atoms with Crippen molar-refractivity contribution in [1.29, 1.82) is 0 Å². The first-order valence-electron chi connectivity index (χ1n) is 11.3. The Morgan fingerprint density at radius 2 is 1.81 bits per heavy atom. The van der Waals surface area contributed by atoms with Gasteiger partial charge in [0.1, 0.15) is 5.76 Å². The minimum atomic E-state index is -0.745. The van der Waals surface area contributed by atoms with Crippen LogP contribution in [-0.4, -0.2) is 40.0 Å². The second-order valence-electron chi connectivity index (χ2n) is 8.34. The summed E-state index contributed by atoms with van der Waals surface area (Å²) >= 11 is 0. The molecule has 6 nitrogen and oxygen atoms in total. The highest BCUT2D eigenvalue weighted by Crippen LogP contribution is 2.42. The van der Waals surface area contributed by atoms with Gasteiger partial charge in [0.2, 0.25) is 0 Å². The van der Waals surface area contributed by atoms with Gasteiger partial charge in [0, 0.05) is 12.1 Å². The third kappa shape index (κ3) is 3.85. The van der Waals surface area contributed by atoms with Crippen molar-refractivity contribution in [2.24, 2.45) is 0 Å². The predicted molar refractivity (Wildman–Crippen MR) is 122 cm³/mol. The molecule has 1 saturated heterocycles. The summed E-state index contributed by atoms with van der Waals surface area (Å²) in [6, 6.07) is 9.82. The summed E-state index contributed by atoms with van der Waals surface area (Å²) in [4.78, 5) is 27.4. The number of hydrogen-bond donors (Lipinski definition) is 2. The van der Waals surface area contributed by atoms with E-state index in [1.807, 2.05) is 32.0 Å². The fourth-order valence-corrected chi connectivity index (χ4v) is 4.71. The first-order chi connectivity index (χ1) is 15.5. The number of ether oxygens (including phenoxy) is 1. The van der Waals surface area contributed by atoms with E-state index < -0.39 is 17.7 Å². The molecular formula is C26H29NO5. The lowest BCUT2D eigenvalue weighted by Crippen LogP contribution is -2.30. The first kappa shape index (κ1) is 21.9. The van der Waals surface area contributed by atoms with Gasteiger partial charge in [0.05, 0.1) is 18.2 Å². The average molecular weight is 436 g/mol. The molecule has 2 N–H and O–H groups in total. The summed E-state index contributed by atoms with van der Waals surface area (Å²) < 4.78 is 5.51. The van der Waals surface area contributed by atoms with Crippen LogP contribution < -0.4 is 4.74 Å². The summed E-state index contributed by atoms with van der Waals surface area (Å²) in [6.07, 6.45) is 4.89. The van der Waals surface area contributed by atoms with Crippen LogP contribution in [0.5, 0.6) is 11.5 Å². The lowest BCUT2D eigenvalue weighted by molar-refractivity contribution is -0.139. The number of phenols is 1. The molecule has 1 aliphatic heterocycles. The Labute approximate surface area is 188 Å². The second-order valence-corrected chi connectivity index (χ2v) is 8.34. The van der Waals surface area contributed by atoms with Crippen molar-refractivity contribution in [2.75, 3.05) is 13.2 Å². The number of likely N-dealkylation sites (tertiary alicyclic amines) is 1. The fourth-order valence-electron chi connectivity index (χ4n) is 4.71. The molecule has 6 heteroatoms. The minimum Gasteiger partial charge on any atom is -0.507 e. The summed E-state index contributed by atoms with van der Waals surface area (Å²) in [5, 5.41) is 21.4. The van der Waals surface area contributed by atoms with Crippen molar-refractivity contribution in [3.8, 4) is 11.5 Å². The normalized spacial score (nSPS) is 19.8. The van der Waals surface area contributed by atoms with Gasteiger partial charge in [0.25, 0.3) is 11.7 Å². The SMILES string of the molecule is CCCN1C(=O)C(=O)/C(=C(/O)c2ccc3c(c2)CCCC3)C1c1ccc(O)c(OCC)c1. The Bertz CT molecular complexity index is 1090. The highest BCUT2D eigenvalue weighted by atomic mass is 16.5. The fraction of sp³-hybridized carbons (Fsp3) is 0.385. The topological polar surface area (TPSA) is 87.1 Å². The summed E-state index contributed by atoms with van der Waals surface area (Å²) in [5.41, 5.74) is 3.69. The molecule has 2 aromatic rings. The van der Waals surface area contributed by atoms with E-state index >= 15 is 0 Å². The number of benzene rings is 2. The molecular weight excluding hydrogens is 406 g/mol. The highest BCUT2D eigenvalue weighted by molar-refractivity contribution is 6.46. The van der Waals surface area contributed by atoms with Gasteiger partial charge in [-0.15, -0.1) is 0 Å². The number of phenolic OH excluding ortho intramolecular Hbond substituents is 1. The van der Waals surface area contributed by atoms with E-state index in [1.54, 1.807) is 12.1 Å². The number of aryl methyl sites for hydroxylation is 2. The van der Waals surface area contributed by atoms with Crippen molar-refractivity contribution >= 4 is 17.4 Å². The largest absolute Gasteiger partial charge is 0.507 e. The Morgan fingerprint density at radius 1 is 1.06 bits per heavy atom. The predicted octanol–water partition coefficient (Wildman–Crippen LogP) is 4.50. The zero-order chi connectivity index (χ0) is 22.8. The molecule has 1 amide bonds. The number of ketones is 1. The number of hydrogen-bond acceptors (Lipinski definition) is 5. The third-order valence-corrected chi connectivity index (χ3v) is 6.23. The van der Waals surface area contributed by atoms with E-state index in [9.17, 15) is 19.8 Å². The zero-order valence-corrected chi connectivity index (χ0v) is 18.6. The summed E-state index contributed by atoms with van der Waals surface area (Å²) in [5.74, 6) is -1.21. The van der Waals surface area contributed by atoms with Gasteiger partial charge in [-0.3, -0.25) is 9.59 Å². The van der Waals surface area contributed by atoms with Crippen LogP contribution in [0.2, 0.25) is 0 Å². The Morgan fingerprint density at radius 3 is 2.53 bits per heavy atom. The van der Waals surface area contributed by atoms with E-state index in [2.05, 4.69) is 0 Å². The summed E-state index contributed by atoms with van der Waals surface area (Å²) in [7, 11) is 0. The molecule has 1 atom stereocenters. The second kappa shape index (κ2) is 9.07. The molecule has 0 spiro atoms. The number of rotatable bonds is 6. The number of aliphatic hydroxyl groups excluding tert-OH is 1. The van der Waals surface area contributed by atoms with E-state index in [-0.39, 0.29) is 22.8 Å². The van der Waals surface area contributed by atoms with Crippen LogP contribution in [0.1, 0.15) is 61.4 Å². The smallest absolute Gasteiger partial charge is 0.295 e. The molecule has 1 heterocycles. The van der Waals surface area contributed by atoms with Crippen LogP contribution in [0.25, 0.3) is 5.76 Å². The van der Waals surface area contributed by atoms with E-state index in [4.69, 9.17) is 4.74 Å². The summed E-state index contributed by atoms with van der Waals surface area (Å²) in [6.45, 7) is 4.48. The van der Waals surface area contributed by atoms with Gasteiger partial charge in [-0.2, -0.15) is 0 Å². The van der Waals surface area contributed by atoms with Crippen molar-refractivity contribution in [1.82, 2.24) is 4.90 Å².